The molecule has 0 amide bonds. The van der Waals surface area contributed by atoms with E-state index in [1.807, 2.05) is 30.3 Å². The van der Waals surface area contributed by atoms with E-state index >= 15 is 0 Å². The van der Waals surface area contributed by atoms with Crippen molar-refractivity contribution in [3.05, 3.63) is 35.9 Å². The molecule has 1 atom stereocenters. The zero-order chi connectivity index (χ0) is 10.7. The molecule has 3 nitrogen and oxygen atoms in total. The SMILES string of the molecule is O=C(Cl)C[C@]1(c2ccccc2)NCCO1. The Morgan fingerprint density at radius 1 is 1.47 bits per heavy atom. The molecule has 1 aliphatic heterocycles. The van der Waals surface area contributed by atoms with Gasteiger partial charge in [-0.15, -0.1) is 0 Å². The smallest absolute Gasteiger partial charge is 0.226 e. The van der Waals surface area contributed by atoms with Crippen LogP contribution in [0.3, 0.4) is 0 Å². The molecule has 1 saturated heterocycles. The van der Waals surface area contributed by atoms with Crippen LogP contribution >= 0.6 is 11.6 Å². The summed E-state index contributed by atoms with van der Waals surface area (Å²) in [6.45, 7) is 1.33. The third-order valence-electron chi connectivity index (χ3n) is 2.49. The number of rotatable bonds is 3. The maximum Gasteiger partial charge on any atom is 0.226 e. The fourth-order valence-corrected chi connectivity index (χ4v) is 2.02. The molecule has 0 aromatic heterocycles. The second-order valence-corrected chi connectivity index (χ2v) is 3.92. The number of halogens is 1. The Balaban J connectivity index is 2.30. The van der Waals surface area contributed by atoms with Crippen molar-refractivity contribution in [2.24, 2.45) is 0 Å². The summed E-state index contributed by atoms with van der Waals surface area (Å²) in [7, 11) is 0. The van der Waals surface area contributed by atoms with Crippen LogP contribution in [0.4, 0.5) is 0 Å². The Bertz CT molecular complexity index is 347. The van der Waals surface area contributed by atoms with Crippen molar-refractivity contribution in [3.8, 4) is 0 Å². The highest BCUT2D eigenvalue weighted by molar-refractivity contribution is 6.63. The summed E-state index contributed by atoms with van der Waals surface area (Å²) in [5, 5.41) is 2.80. The molecule has 1 fully saturated rings. The van der Waals surface area contributed by atoms with Gasteiger partial charge in [0, 0.05) is 6.54 Å². The average molecular weight is 226 g/mol. The number of carbonyl (C=O) groups excluding carboxylic acids is 1. The average Bonchev–Trinajstić information content (AvgIpc) is 2.68. The lowest BCUT2D eigenvalue weighted by Gasteiger charge is -2.27. The van der Waals surface area contributed by atoms with Crippen molar-refractivity contribution in [2.45, 2.75) is 12.1 Å². The maximum absolute atomic E-state index is 11.0. The molecule has 15 heavy (non-hydrogen) atoms. The number of hydrogen-bond acceptors (Lipinski definition) is 3. The molecule has 0 spiro atoms. The van der Waals surface area contributed by atoms with E-state index < -0.39 is 11.0 Å². The third-order valence-corrected chi connectivity index (χ3v) is 2.62. The summed E-state index contributed by atoms with van der Waals surface area (Å²) in [5.41, 5.74) is 0.219. The van der Waals surface area contributed by atoms with Gasteiger partial charge in [-0.25, -0.2) is 0 Å². The van der Waals surface area contributed by atoms with Gasteiger partial charge in [0.1, 0.15) is 0 Å². The number of benzene rings is 1. The van der Waals surface area contributed by atoms with Crippen molar-refractivity contribution in [1.82, 2.24) is 5.32 Å². The van der Waals surface area contributed by atoms with E-state index in [-0.39, 0.29) is 6.42 Å². The lowest BCUT2D eigenvalue weighted by Crippen LogP contribution is -2.39. The highest BCUT2D eigenvalue weighted by Gasteiger charge is 2.38. The summed E-state index contributed by atoms with van der Waals surface area (Å²) in [5.74, 6) is 0. The van der Waals surface area contributed by atoms with Crippen LogP contribution in [-0.4, -0.2) is 18.4 Å². The van der Waals surface area contributed by atoms with E-state index in [2.05, 4.69) is 5.32 Å². The number of hydrogen-bond donors (Lipinski definition) is 1. The summed E-state index contributed by atoms with van der Waals surface area (Å²) in [6, 6.07) is 9.61. The van der Waals surface area contributed by atoms with Crippen molar-refractivity contribution < 1.29 is 9.53 Å². The van der Waals surface area contributed by atoms with Gasteiger partial charge >= 0.3 is 0 Å². The minimum atomic E-state index is -0.722. The molecule has 1 heterocycles. The van der Waals surface area contributed by atoms with E-state index in [1.165, 1.54) is 0 Å². The standard InChI is InChI=1S/C11H12ClNO2/c12-10(14)8-11(13-6-7-15-11)9-4-2-1-3-5-9/h1-5,13H,6-8H2/t11-/m0/s1. The lowest BCUT2D eigenvalue weighted by atomic mass is 10.0. The molecule has 2 rings (SSSR count). The van der Waals surface area contributed by atoms with Crippen LogP contribution in [0.2, 0.25) is 0 Å². The first kappa shape index (κ1) is 10.6. The Morgan fingerprint density at radius 3 is 2.73 bits per heavy atom. The quantitative estimate of drug-likeness (QED) is 0.795. The van der Waals surface area contributed by atoms with Crippen LogP contribution in [0.5, 0.6) is 0 Å². The molecular weight excluding hydrogens is 214 g/mol. The number of nitrogens with one attached hydrogen (secondary N) is 1. The van der Waals surface area contributed by atoms with E-state index in [4.69, 9.17) is 16.3 Å². The Hall–Kier alpha value is -0.900. The minimum absolute atomic E-state index is 0.151. The van der Waals surface area contributed by atoms with Crippen LogP contribution in [-0.2, 0) is 15.3 Å². The zero-order valence-corrected chi connectivity index (χ0v) is 8.96. The normalized spacial score (nSPS) is 25.4. The van der Waals surface area contributed by atoms with Crippen molar-refractivity contribution in [2.75, 3.05) is 13.2 Å². The predicted octanol–water partition coefficient (Wildman–Crippen LogP) is 1.61. The fourth-order valence-electron chi connectivity index (χ4n) is 1.83. The number of ether oxygens (including phenoxy) is 1. The van der Waals surface area contributed by atoms with Crippen molar-refractivity contribution in [1.29, 1.82) is 0 Å². The molecule has 0 radical (unpaired) electrons. The van der Waals surface area contributed by atoms with E-state index in [0.717, 1.165) is 12.1 Å². The van der Waals surface area contributed by atoms with E-state index in [9.17, 15) is 4.79 Å². The van der Waals surface area contributed by atoms with Crippen molar-refractivity contribution >= 4 is 16.8 Å². The summed E-state index contributed by atoms with van der Waals surface area (Å²) in [6.07, 6.45) is 0.151. The van der Waals surface area contributed by atoms with Crippen LogP contribution < -0.4 is 5.32 Å². The molecule has 1 aromatic carbocycles. The third kappa shape index (κ3) is 2.20. The highest BCUT2D eigenvalue weighted by Crippen LogP contribution is 2.30. The Labute approximate surface area is 93.4 Å². The van der Waals surface area contributed by atoms with Gasteiger partial charge in [-0.05, 0) is 17.2 Å². The van der Waals surface area contributed by atoms with Gasteiger partial charge in [0.05, 0.1) is 13.0 Å². The van der Waals surface area contributed by atoms with Crippen LogP contribution in [0, 0.1) is 0 Å². The number of carbonyl (C=O) groups is 1. The minimum Gasteiger partial charge on any atom is -0.354 e. The topological polar surface area (TPSA) is 38.3 Å². The molecule has 1 N–H and O–H groups in total. The van der Waals surface area contributed by atoms with Gasteiger partial charge in [0.25, 0.3) is 0 Å². The summed E-state index contributed by atoms with van der Waals surface area (Å²) >= 11 is 5.44. The van der Waals surface area contributed by atoms with Gasteiger partial charge in [0.2, 0.25) is 5.24 Å². The summed E-state index contributed by atoms with van der Waals surface area (Å²) < 4.78 is 5.62. The van der Waals surface area contributed by atoms with Crippen LogP contribution in [0.25, 0.3) is 0 Å². The first-order valence-corrected chi connectivity index (χ1v) is 5.24. The molecular formula is C11H12ClNO2. The molecule has 0 bridgehead atoms. The second kappa shape index (κ2) is 4.31. The highest BCUT2D eigenvalue weighted by atomic mass is 35.5. The Kier molecular flexibility index (Phi) is 3.05. The largest absolute Gasteiger partial charge is 0.354 e. The maximum atomic E-state index is 11.0. The van der Waals surface area contributed by atoms with Gasteiger partial charge in [0.15, 0.2) is 5.72 Å². The fraction of sp³-hybridized carbons (Fsp3) is 0.364. The van der Waals surface area contributed by atoms with Gasteiger partial charge in [-0.3, -0.25) is 10.1 Å². The van der Waals surface area contributed by atoms with Crippen molar-refractivity contribution in [3.63, 3.8) is 0 Å². The van der Waals surface area contributed by atoms with Crippen LogP contribution in [0.15, 0.2) is 30.3 Å². The molecule has 1 aromatic rings. The van der Waals surface area contributed by atoms with Gasteiger partial charge in [-0.1, -0.05) is 30.3 Å². The molecule has 0 aliphatic carbocycles. The molecule has 80 valence electrons. The zero-order valence-electron chi connectivity index (χ0n) is 8.20. The first-order valence-electron chi connectivity index (χ1n) is 4.86. The summed E-state index contributed by atoms with van der Waals surface area (Å²) in [4.78, 5) is 11.0. The van der Waals surface area contributed by atoms with Gasteiger partial charge < -0.3 is 4.74 Å². The van der Waals surface area contributed by atoms with E-state index in [0.29, 0.717) is 6.61 Å². The van der Waals surface area contributed by atoms with Crippen LogP contribution in [0.1, 0.15) is 12.0 Å². The van der Waals surface area contributed by atoms with E-state index in [1.54, 1.807) is 0 Å². The second-order valence-electron chi connectivity index (χ2n) is 3.50. The Morgan fingerprint density at radius 2 is 2.20 bits per heavy atom. The monoisotopic (exact) mass is 225 g/mol. The molecule has 4 heteroatoms. The molecule has 0 saturated carbocycles. The van der Waals surface area contributed by atoms with Gasteiger partial charge in [-0.2, -0.15) is 0 Å². The lowest BCUT2D eigenvalue weighted by molar-refractivity contribution is -0.118. The molecule has 1 aliphatic rings. The predicted molar refractivity (Wildman–Crippen MR) is 57.6 cm³/mol. The molecule has 0 unspecified atom stereocenters. The first-order chi connectivity index (χ1) is 7.23.